The van der Waals surface area contributed by atoms with Crippen molar-refractivity contribution in [2.75, 3.05) is 18.0 Å². The predicted octanol–water partition coefficient (Wildman–Crippen LogP) is 3.02. The molecule has 1 fully saturated rings. The number of nitrogens with zero attached hydrogens (tertiary/aromatic N) is 2. The number of piperidine rings is 1. The van der Waals surface area contributed by atoms with Gasteiger partial charge in [-0.3, -0.25) is 0 Å². The third-order valence-corrected chi connectivity index (χ3v) is 4.62. The van der Waals surface area contributed by atoms with Crippen LogP contribution in [0.4, 0.5) is 10.1 Å². The van der Waals surface area contributed by atoms with Gasteiger partial charge in [-0.1, -0.05) is 6.92 Å². The molecule has 1 aromatic carbocycles. The van der Waals surface area contributed by atoms with Gasteiger partial charge in [0.15, 0.2) is 5.82 Å². The minimum absolute atomic E-state index is 0.156. The molecule has 1 aliphatic heterocycles. The molecule has 0 spiro atoms. The highest BCUT2D eigenvalue weighted by Crippen LogP contribution is 2.34. The van der Waals surface area contributed by atoms with E-state index >= 15 is 0 Å². The number of benzene rings is 1. The van der Waals surface area contributed by atoms with Gasteiger partial charge in [-0.05, 0) is 46.8 Å². The van der Waals surface area contributed by atoms with Gasteiger partial charge in [0, 0.05) is 19.1 Å². The molecule has 1 heterocycles. The Balaban J connectivity index is 2.41. The van der Waals surface area contributed by atoms with Gasteiger partial charge in [0.05, 0.1) is 15.7 Å². The first-order valence-corrected chi connectivity index (χ1v) is 7.24. The maximum Gasteiger partial charge on any atom is 0.161 e. The number of halogens is 2. The number of hydrogen-bond donors (Lipinski definition) is 1. The fourth-order valence-electron chi connectivity index (χ4n) is 2.76. The van der Waals surface area contributed by atoms with Crippen LogP contribution in [0, 0.1) is 23.1 Å². The van der Waals surface area contributed by atoms with Crippen LogP contribution in [0.5, 0.6) is 0 Å². The van der Waals surface area contributed by atoms with E-state index in [-0.39, 0.29) is 16.3 Å². The van der Waals surface area contributed by atoms with E-state index in [1.807, 2.05) is 11.0 Å². The molecule has 19 heavy (non-hydrogen) atoms. The van der Waals surface area contributed by atoms with Gasteiger partial charge in [-0.15, -0.1) is 0 Å². The summed E-state index contributed by atoms with van der Waals surface area (Å²) in [5.41, 5.74) is 6.69. The second kappa shape index (κ2) is 5.89. The summed E-state index contributed by atoms with van der Waals surface area (Å²) in [4.78, 5) is 2.04. The molecule has 102 valence electrons. The van der Waals surface area contributed by atoms with Gasteiger partial charge >= 0.3 is 0 Å². The fourth-order valence-corrected chi connectivity index (χ4v) is 3.18. The van der Waals surface area contributed by atoms with Crippen LogP contribution in [0.25, 0.3) is 0 Å². The zero-order chi connectivity index (χ0) is 14.0. The molecule has 5 heteroatoms. The molecule has 0 radical (unpaired) electrons. The highest BCUT2D eigenvalue weighted by atomic mass is 79.9. The third-order valence-electron chi connectivity index (χ3n) is 3.85. The van der Waals surface area contributed by atoms with Crippen LogP contribution in [0.2, 0.25) is 0 Å². The molecule has 0 aliphatic carbocycles. The topological polar surface area (TPSA) is 53.0 Å². The molecule has 1 saturated heterocycles. The lowest BCUT2D eigenvalue weighted by molar-refractivity contribution is 0.347. The Kier molecular flexibility index (Phi) is 4.43. The first-order chi connectivity index (χ1) is 9.10. The molecule has 0 aromatic heterocycles. The minimum Gasteiger partial charge on any atom is -0.365 e. The second-order valence-electron chi connectivity index (χ2n) is 4.99. The molecule has 3 nitrogen and oxygen atoms in total. The van der Waals surface area contributed by atoms with E-state index in [4.69, 9.17) is 11.0 Å². The predicted molar refractivity (Wildman–Crippen MR) is 77.4 cm³/mol. The van der Waals surface area contributed by atoms with Crippen molar-refractivity contribution in [1.29, 1.82) is 5.26 Å². The lowest BCUT2D eigenvalue weighted by atomic mass is 9.90. The van der Waals surface area contributed by atoms with Crippen LogP contribution in [0.1, 0.15) is 25.3 Å². The fraction of sp³-hybridized carbons (Fsp3) is 0.500. The van der Waals surface area contributed by atoms with Crippen molar-refractivity contribution in [2.24, 2.45) is 11.7 Å². The molecule has 0 saturated carbocycles. The summed E-state index contributed by atoms with van der Waals surface area (Å²) < 4.78 is 14.6. The van der Waals surface area contributed by atoms with E-state index in [1.165, 1.54) is 0 Å². The van der Waals surface area contributed by atoms with Gasteiger partial charge in [-0.25, -0.2) is 4.39 Å². The molecular formula is C14H17BrFN3. The number of nitriles is 1. The van der Waals surface area contributed by atoms with Crippen molar-refractivity contribution in [3.63, 3.8) is 0 Å². The number of rotatable bonds is 2. The molecule has 2 N–H and O–H groups in total. The average molecular weight is 326 g/mol. The maximum absolute atomic E-state index is 14.4. The minimum atomic E-state index is -0.369. The van der Waals surface area contributed by atoms with Gasteiger partial charge in [0.25, 0.3) is 0 Å². The highest BCUT2D eigenvalue weighted by molar-refractivity contribution is 9.10. The van der Waals surface area contributed by atoms with Crippen molar-refractivity contribution in [1.82, 2.24) is 0 Å². The maximum atomic E-state index is 14.4. The number of anilines is 1. The van der Waals surface area contributed by atoms with Crippen molar-refractivity contribution >= 4 is 21.6 Å². The van der Waals surface area contributed by atoms with E-state index in [2.05, 4.69) is 22.9 Å². The molecule has 2 unspecified atom stereocenters. The lowest BCUT2D eigenvalue weighted by Gasteiger charge is -2.41. The summed E-state index contributed by atoms with van der Waals surface area (Å²) in [5.74, 6) is 0.0826. The zero-order valence-electron chi connectivity index (χ0n) is 10.9. The van der Waals surface area contributed by atoms with Gasteiger partial charge in [-0.2, -0.15) is 5.26 Å². The summed E-state index contributed by atoms with van der Waals surface area (Å²) in [7, 11) is 0. The first kappa shape index (κ1) is 14.3. The summed E-state index contributed by atoms with van der Waals surface area (Å²) in [6.45, 7) is 3.47. The van der Waals surface area contributed by atoms with Crippen LogP contribution in [-0.2, 0) is 0 Å². The summed E-state index contributed by atoms with van der Waals surface area (Å²) in [6, 6.07) is 5.45. The molecule has 1 aromatic rings. The Morgan fingerprint density at radius 3 is 2.95 bits per heavy atom. The molecule has 0 bridgehead atoms. The largest absolute Gasteiger partial charge is 0.365 e. The smallest absolute Gasteiger partial charge is 0.161 e. The van der Waals surface area contributed by atoms with Gasteiger partial charge in [0.1, 0.15) is 6.07 Å². The van der Waals surface area contributed by atoms with E-state index in [9.17, 15) is 4.39 Å². The average Bonchev–Trinajstić information content (AvgIpc) is 2.41. The zero-order valence-corrected chi connectivity index (χ0v) is 12.5. The van der Waals surface area contributed by atoms with Gasteiger partial charge in [0.2, 0.25) is 0 Å². The number of hydrogen-bond acceptors (Lipinski definition) is 3. The van der Waals surface area contributed by atoms with Crippen molar-refractivity contribution in [3.05, 3.63) is 28.0 Å². The van der Waals surface area contributed by atoms with Crippen molar-refractivity contribution < 1.29 is 4.39 Å². The Morgan fingerprint density at radius 2 is 2.32 bits per heavy atom. The monoisotopic (exact) mass is 325 g/mol. The van der Waals surface area contributed by atoms with E-state index < -0.39 is 0 Å². The molecule has 1 aliphatic rings. The summed E-state index contributed by atoms with van der Waals surface area (Å²) in [6.07, 6.45) is 2.16. The first-order valence-electron chi connectivity index (χ1n) is 6.45. The van der Waals surface area contributed by atoms with Gasteiger partial charge < -0.3 is 10.6 Å². The van der Waals surface area contributed by atoms with Crippen LogP contribution < -0.4 is 10.6 Å². The van der Waals surface area contributed by atoms with E-state index in [0.29, 0.717) is 23.7 Å². The van der Waals surface area contributed by atoms with Crippen LogP contribution in [0.3, 0.4) is 0 Å². The van der Waals surface area contributed by atoms with E-state index in [0.717, 1.165) is 19.4 Å². The molecular weight excluding hydrogens is 309 g/mol. The Bertz CT molecular complexity index is 512. The number of nitrogens with two attached hydrogens (primary N) is 1. The Morgan fingerprint density at radius 1 is 1.58 bits per heavy atom. The van der Waals surface area contributed by atoms with Crippen LogP contribution >= 0.6 is 15.9 Å². The third kappa shape index (κ3) is 2.60. The molecule has 2 rings (SSSR count). The summed E-state index contributed by atoms with van der Waals surface area (Å²) in [5, 5.41) is 8.90. The summed E-state index contributed by atoms with van der Waals surface area (Å²) >= 11 is 3.16. The Hall–Kier alpha value is -1.12. The standard InChI is InChI=1S/C14H17BrFN3/c1-9-3-2-6-19(12(9)8-18)11-5-4-10(7-17)13(15)14(11)16/h4-5,9,12H,2-3,6,8,18H2,1H3. The van der Waals surface area contributed by atoms with Crippen LogP contribution in [0.15, 0.2) is 16.6 Å². The SMILES string of the molecule is CC1CCCN(c2ccc(C#N)c(Br)c2F)C1CN. The molecule has 0 amide bonds. The molecule has 2 atom stereocenters. The quantitative estimate of drug-likeness (QED) is 0.909. The normalized spacial score (nSPS) is 23.2. The second-order valence-corrected chi connectivity index (χ2v) is 5.78. The Labute approximate surface area is 121 Å². The lowest BCUT2D eigenvalue weighted by Crippen LogP contribution is -2.49. The van der Waals surface area contributed by atoms with E-state index in [1.54, 1.807) is 12.1 Å². The van der Waals surface area contributed by atoms with Crippen LogP contribution in [-0.4, -0.2) is 19.1 Å². The highest BCUT2D eigenvalue weighted by Gasteiger charge is 2.29. The van der Waals surface area contributed by atoms with Crippen molar-refractivity contribution in [2.45, 2.75) is 25.8 Å². The van der Waals surface area contributed by atoms with Crippen molar-refractivity contribution in [3.8, 4) is 6.07 Å².